The molecule has 2 heterocycles. The quantitative estimate of drug-likeness (QED) is 0.616. The number of benzene rings is 2. The molecule has 1 amide bonds. The molecule has 2 atom stereocenters. The number of aromatic nitrogens is 2. The van der Waals surface area contributed by atoms with Crippen LogP contribution in [0.5, 0.6) is 0 Å². The van der Waals surface area contributed by atoms with Crippen LogP contribution in [0.3, 0.4) is 0 Å². The first-order valence-electron chi connectivity index (χ1n) is 10.9. The van der Waals surface area contributed by atoms with Crippen LogP contribution in [0.1, 0.15) is 35.7 Å². The van der Waals surface area contributed by atoms with Gasteiger partial charge >= 0.3 is 0 Å². The van der Waals surface area contributed by atoms with Crippen molar-refractivity contribution in [2.75, 3.05) is 13.1 Å². The fraction of sp³-hybridized carbons (Fsp3) is 0.320. The summed E-state index contributed by atoms with van der Waals surface area (Å²) >= 11 is 0. The summed E-state index contributed by atoms with van der Waals surface area (Å²) in [7, 11) is 0. The topological polar surface area (TPSA) is 55.2 Å². The minimum absolute atomic E-state index is 0.00231. The van der Waals surface area contributed by atoms with Gasteiger partial charge in [-0.3, -0.25) is 9.59 Å². The average molecular weight is 435 g/mol. The summed E-state index contributed by atoms with van der Waals surface area (Å²) in [5.41, 5.74) is 0.959. The van der Waals surface area contributed by atoms with Gasteiger partial charge in [0.15, 0.2) is 0 Å². The molecule has 2 fully saturated rings. The molecular formula is C25H23F2N3O2. The lowest BCUT2D eigenvalue weighted by atomic mass is 9.73. The number of piperidine rings is 1. The minimum atomic E-state index is -0.851. The van der Waals surface area contributed by atoms with E-state index in [1.165, 1.54) is 12.1 Å². The van der Waals surface area contributed by atoms with Crippen LogP contribution in [0.25, 0.3) is 11.3 Å². The van der Waals surface area contributed by atoms with Gasteiger partial charge < -0.3 is 4.90 Å². The number of hydrogen-bond acceptors (Lipinski definition) is 3. The summed E-state index contributed by atoms with van der Waals surface area (Å²) < 4.78 is 30.0. The molecule has 32 heavy (non-hydrogen) atoms. The monoisotopic (exact) mass is 435 g/mol. The zero-order chi connectivity index (χ0) is 22.2. The van der Waals surface area contributed by atoms with Gasteiger partial charge in [-0.15, -0.1) is 0 Å². The van der Waals surface area contributed by atoms with Crippen LogP contribution in [0.4, 0.5) is 8.78 Å². The van der Waals surface area contributed by atoms with Crippen molar-refractivity contribution in [3.8, 4) is 11.3 Å². The molecule has 164 valence electrons. The second kappa shape index (κ2) is 8.30. The second-order valence-electron chi connectivity index (χ2n) is 8.62. The first-order chi connectivity index (χ1) is 15.5. The van der Waals surface area contributed by atoms with Crippen molar-refractivity contribution in [1.82, 2.24) is 14.7 Å². The van der Waals surface area contributed by atoms with Crippen molar-refractivity contribution in [3.05, 3.63) is 88.2 Å². The van der Waals surface area contributed by atoms with Crippen LogP contribution in [-0.4, -0.2) is 33.7 Å². The molecule has 1 aromatic heterocycles. The Kier molecular flexibility index (Phi) is 5.33. The van der Waals surface area contributed by atoms with Gasteiger partial charge in [-0.05, 0) is 42.9 Å². The van der Waals surface area contributed by atoms with Crippen LogP contribution in [0.2, 0.25) is 0 Å². The van der Waals surface area contributed by atoms with Crippen LogP contribution < -0.4 is 5.56 Å². The van der Waals surface area contributed by atoms with Gasteiger partial charge in [-0.2, -0.15) is 5.10 Å². The van der Waals surface area contributed by atoms with E-state index in [9.17, 15) is 18.4 Å². The molecule has 3 aromatic rings. The maximum absolute atomic E-state index is 14.2. The molecular weight excluding hydrogens is 412 g/mol. The van der Waals surface area contributed by atoms with Crippen molar-refractivity contribution in [1.29, 1.82) is 0 Å². The van der Waals surface area contributed by atoms with Gasteiger partial charge in [0.2, 0.25) is 0 Å². The molecule has 1 saturated heterocycles. The lowest BCUT2D eigenvalue weighted by Crippen LogP contribution is -2.53. The number of rotatable bonds is 3. The van der Waals surface area contributed by atoms with E-state index in [1.54, 1.807) is 15.6 Å². The average Bonchev–Trinajstić information content (AvgIpc) is 2.79. The number of carbonyl (C=O) groups excluding carboxylic acids is 1. The third kappa shape index (κ3) is 3.61. The van der Waals surface area contributed by atoms with Crippen LogP contribution in [-0.2, 0) is 0 Å². The predicted octanol–water partition coefficient (Wildman–Crippen LogP) is 4.30. The van der Waals surface area contributed by atoms with E-state index in [0.717, 1.165) is 42.7 Å². The summed E-state index contributed by atoms with van der Waals surface area (Å²) in [6, 6.07) is 16.2. The van der Waals surface area contributed by atoms with Gasteiger partial charge in [0.25, 0.3) is 11.5 Å². The highest BCUT2D eigenvalue weighted by molar-refractivity contribution is 5.94. The fourth-order valence-corrected chi connectivity index (χ4v) is 5.24. The third-order valence-electron chi connectivity index (χ3n) is 6.67. The van der Waals surface area contributed by atoms with Crippen LogP contribution >= 0.6 is 0 Å². The molecule has 2 aliphatic rings. The van der Waals surface area contributed by atoms with Crippen molar-refractivity contribution in [2.24, 2.45) is 11.8 Å². The lowest BCUT2D eigenvalue weighted by Gasteiger charge is -2.47. The molecule has 5 nitrogen and oxygen atoms in total. The summed E-state index contributed by atoms with van der Waals surface area (Å²) in [5.74, 6) is -2.34. The smallest absolute Gasteiger partial charge is 0.267 e. The van der Waals surface area contributed by atoms with Crippen LogP contribution in [0, 0.1) is 23.5 Å². The molecule has 0 radical (unpaired) electrons. The highest BCUT2D eigenvalue weighted by atomic mass is 19.1. The summed E-state index contributed by atoms with van der Waals surface area (Å²) in [4.78, 5) is 27.3. The van der Waals surface area contributed by atoms with E-state index in [2.05, 4.69) is 5.10 Å². The highest BCUT2D eigenvalue weighted by Crippen LogP contribution is 2.42. The molecule has 5 rings (SSSR count). The van der Waals surface area contributed by atoms with Crippen molar-refractivity contribution < 1.29 is 13.6 Å². The third-order valence-corrected chi connectivity index (χ3v) is 6.67. The first-order valence-corrected chi connectivity index (χ1v) is 10.9. The standard InChI is InChI=1S/C25H23F2N3O2/c26-19-10-5-11-20(27)23(19)25(32)29-14-17-8-4-9-18(15-29)24(17)30-22(31)13-12-21(28-30)16-6-2-1-3-7-16/h1-3,5-7,10-13,17-18,24H,4,8-9,14-15H2/t17-,18-/m0/s1. The molecule has 1 saturated carbocycles. The number of likely N-dealkylation sites (tertiary alicyclic amines) is 1. The Morgan fingerprint density at radius 2 is 1.53 bits per heavy atom. The van der Waals surface area contributed by atoms with E-state index in [1.807, 2.05) is 30.3 Å². The van der Waals surface area contributed by atoms with Crippen molar-refractivity contribution in [3.63, 3.8) is 0 Å². The van der Waals surface area contributed by atoms with E-state index < -0.39 is 23.1 Å². The van der Waals surface area contributed by atoms with Gasteiger partial charge in [0.1, 0.15) is 17.2 Å². The van der Waals surface area contributed by atoms with Gasteiger partial charge in [0, 0.05) is 24.7 Å². The Bertz CT molecular complexity index is 1180. The number of carbonyl (C=O) groups is 1. The van der Waals surface area contributed by atoms with Crippen molar-refractivity contribution in [2.45, 2.75) is 25.3 Å². The number of fused-ring (bicyclic) bond motifs is 2. The van der Waals surface area contributed by atoms with Gasteiger partial charge in [-0.1, -0.05) is 42.8 Å². The minimum Gasteiger partial charge on any atom is -0.338 e. The SMILES string of the molecule is O=C(c1c(F)cccc1F)N1C[C@@H]2CCC[C@@H](C1)C2n1nc(-c2ccccc2)ccc1=O. The zero-order valence-corrected chi connectivity index (χ0v) is 17.5. The lowest BCUT2D eigenvalue weighted by molar-refractivity contribution is 0.0190. The Labute approximate surface area is 184 Å². The van der Waals surface area contributed by atoms with E-state index >= 15 is 0 Å². The van der Waals surface area contributed by atoms with Gasteiger partial charge in [0.05, 0.1) is 11.7 Å². The summed E-state index contributed by atoms with van der Waals surface area (Å²) in [5, 5.41) is 4.69. The van der Waals surface area contributed by atoms with Gasteiger partial charge in [-0.25, -0.2) is 13.5 Å². The number of amides is 1. The maximum Gasteiger partial charge on any atom is 0.267 e. The molecule has 1 aliphatic heterocycles. The highest BCUT2D eigenvalue weighted by Gasteiger charge is 2.43. The van der Waals surface area contributed by atoms with E-state index in [4.69, 9.17) is 0 Å². The largest absolute Gasteiger partial charge is 0.338 e. The van der Waals surface area contributed by atoms with Crippen molar-refractivity contribution >= 4 is 5.91 Å². The maximum atomic E-state index is 14.2. The zero-order valence-electron chi connectivity index (χ0n) is 17.5. The van der Waals surface area contributed by atoms with Crippen LogP contribution in [0.15, 0.2) is 65.5 Å². The number of halogens is 2. The second-order valence-corrected chi connectivity index (χ2v) is 8.62. The fourth-order valence-electron chi connectivity index (χ4n) is 5.24. The first kappa shape index (κ1) is 20.5. The van der Waals surface area contributed by atoms with E-state index in [-0.39, 0.29) is 23.4 Å². The Balaban J connectivity index is 1.46. The number of hydrogen-bond donors (Lipinski definition) is 0. The molecule has 2 bridgehead atoms. The Morgan fingerprint density at radius 1 is 0.875 bits per heavy atom. The molecule has 0 N–H and O–H groups in total. The molecule has 0 spiro atoms. The summed E-state index contributed by atoms with van der Waals surface area (Å²) in [6.07, 6.45) is 2.65. The normalized spacial score (nSPS) is 22.6. The molecule has 1 aliphatic carbocycles. The summed E-state index contributed by atoms with van der Waals surface area (Å²) in [6.45, 7) is 0.689. The molecule has 7 heteroatoms. The Hall–Kier alpha value is -3.35. The predicted molar refractivity (Wildman–Crippen MR) is 116 cm³/mol. The molecule has 0 unspecified atom stereocenters. The Morgan fingerprint density at radius 3 is 2.19 bits per heavy atom. The molecule has 2 aromatic carbocycles. The number of nitrogens with zero attached hydrogens (tertiary/aromatic N) is 3. The van der Waals surface area contributed by atoms with E-state index in [0.29, 0.717) is 13.1 Å².